The van der Waals surface area contributed by atoms with Crippen molar-refractivity contribution in [2.24, 2.45) is 0 Å². The molecule has 0 amide bonds. The first kappa shape index (κ1) is 10.3. The van der Waals surface area contributed by atoms with Gasteiger partial charge in [0.1, 0.15) is 0 Å². The molecule has 0 bridgehead atoms. The van der Waals surface area contributed by atoms with Gasteiger partial charge in [-0.1, -0.05) is 68.4 Å². The second-order valence-corrected chi connectivity index (χ2v) is 4.92. The zero-order valence-electron chi connectivity index (χ0n) is 10.3. The molecule has 3 aromatic rings. The van der Waals surface area contributed by atoms with Gasteiger partial charge in [-0.15, -0.1) is 0 Å². The largest absolute Gasteiger partial charge is 0.0616 e. The van der Waals surface area contributed by atoms with Crippen molar-refractivity contribution in [2.75, 3.05) is 0 Å². The van der Waals surface area contributed by atoms with E-state index in [1.54, 1.807) is 0 Å². The molecule has 0 radical (unpaired) electrons. The van der Waals surface area contributed by atoms with Gasteiger partial charge in [-0.2, -0.15) is 0 Å². The molecular weight excluding hydrogens is 204 g/mol. The summed E-state index contributed by atoms with van der Waals surface area (Å²) in [7, 11) is 0. The Labute approximate surface area is 102 Å². The molecule has 0 aliphatic heterocycles. The summed E-state index contributed by atoms with van der Waals surface area (Å²) < 4.78 is 0. The van der Waals surface area contributed by atoms with Gasteiger partial charge in [0.05, 0.1) is 0 Å². The second-order valence-electron chi connectivity index (χ2n) is 4.92. The molecule has 0 N–H and O–H groups in total. The van der Waals surface area contributed by atoms with E-state index in [0.29, 0.717) is 5.92 Å². The van der Waals surface area contributed by atoms with E-state index in [9.17, 15) is 0 Å². The SMILES string of the molecule is CC(C)c1ccc2c(ccc3ccccc32)c1. The third-order valence-corrected chi connectivity index (χ3v) is 3.44. The fourth-order valence-corrected chi connectivity index (χ4v) is 2.39. The number of fused-ring (bicyclic) bond motifs is 3. The highest BCUT2D eigenvalue weighted by atomic mass is 14.1. The van der Waals surface area contributed by atoms with Crippen LogP contribution in [0.3, 0.4) is 0 Å². The molecule has 0 fully saturated rings. The minimum atomic E-state index is 0.589. The van der Waals surface area contributed by atoms with E-state index in [-0.39, 0.29) is 0 Å². The lowest BCUT2D eigenvalue weighted by Gasteiger charge is -2.08. The monoisotopic (exact) mass is 220 g/mol. The Morgan fingerprint density at radius 1 is 0.706 bits per heavy atom. The molecule has 0 nitrogen and oxygen atoms in total. The average molecular weight is 220 g/mol. The summed E-state index contributed by atoms with van der Waals surface area (Å²) in [4.78, 5) is 0. The van der Waals surface area contributed by atoms with Crippen molar-refractivity contribution >= 4 is 21.5 Å². The minimum absolute atomic E-state index is 0.589. The van der Waals surface area contributed by atoms with Gasteiger partial charge in [-0.05, 0) is 33.0 Å². The van der Waals surface area contributed by atoms with E-state index in [2.05, 4.69) is 68.4 Å². The zero-order valence-corrected chi connectivity index (χ0v) is 10.3. The molecule has 0 heterocycles. The normalized spacial score (nSPS) is 11.5. The Morgan fingerprint density at radius 2 is 1.41 bits per heavy atom. The molecule has 0 unspecified atom stereocenters. The third-order valence-electron chi connectivity index (χ3n) is 3.44. The van der Waals surface area contributed by atoms with Gasteiger partial charge in [0.2, 0.25) is 0 Å². The molecule has 17 heavy (non-hydrogen) atoms. The number of hydrogen-bond donors (Lipinski definition) is 0. The summed E-state index contributed by atoms with van der Waals surface area (Å²) in [5, 5.41) is 5.36. The van der Waals surface area contributed by atoms with Crippen molar-refractivity contribution < 1.29 is 0 Å². The Kier molecular flexibility index (Phi) is 2.36. The van der Waals surface area contributed by atoms with Crippen LogP contribution in [0.4, 0.5) is 0 Å². The van der Waals surface area contributed by atoms with Crippen LogP contribution < -0.4 is 0 Å². The first-order chi connectivity index (χ1) is 8.25. The third kappa shape index (κ3) is 1.70. The van der Waals surface area contributed by atoms with Crippen LogP contribution >= 0.6 is 0 Å². The molecule has 0 atom stereocenters. The second kappa shape index (κ2) is 3.89. The van der Waals surface area contributed by atoms with Crippen LogP contribution in [-0.2, 0) is 0 Å². The van der Waals surface area contributed by atoms with Crippen LogP contribution in [0.25, 0.3) is 21.5 Å². The topological polar surface area (TPSA) is 0 Å². The standard InChI is InChI=1S/C17H16/c1-12(2)14-9-10-17-15(11-14)8-7-13-5-3-4-6-16(13)17/h3-12H,1-2H3. The quantitative estimate of drug-likeness (QED) is 0.499. The van der Waals surface area contributed by atoms with Crippen molar-refractivity contribution in [3.8, 4) is 0 Å². The van der Waals surface area contributed by atoms with Crippen molar-refractivity contribution in [3.63, 3.8) is 0 Å². The van der Waals surface area contributed by atoms with Gasteiger partial charge in [-0.25, -0.2) is 0 Å². The first-order valence-electron chi connectivity index (χ1n) is 6.17. The number of benzene rings is 3. The average Bonchev–Trinajstić information content (AvgIpc) is 2.38. The van der Waals surface area contributed by atoms with E-state index in [0.717, 1.165) is 0 Å². The summed E-state index contributed by atoms with van der Waals surface area (Å²) in [6, 6.07) is 19.8. The number of rotatable bonds is 1. The van der Waals surface area contributed by atoms with Gasteiger partial charge >= 0.3 is 0 Å². The summed E-state index contributed by atoms with van der Waals surface area (Å²) in [5.74, 6) is 0.589. The van der Waals surface area contributed by atoms with Crippen LogP contribution in [0.2, 0.25) is 0 Å². The maximum absolute atomic E-state index is 2.31. The summed E-state index contributed by atoms with van der Waals surface area (Å²) >= 11 is 0. The van der Waals surface area contributed by atoms with E-state index >= 15 is 0 Å². The van der Waals surface area contributed by atoms with Crippen molar-refractivity contribution in [1.82, 2.24) is 0 Å². The predicted molar refractivity (Wildman–Crippen MR) is 75.5 cm³/mol. The molecule has 0 heteroatoms. The van der Waals surface area contributed by atoms with Crippen LogP contribution in [0.1, 0.15) is 25.3 Å². The summed E-state index contributed by atoms with van der Waals surface area (Å²) in [5.41, 5.74) is 1.41. The Morgan fingerprint density at radius 3 is 2.24 bits per heavy atom. The lowest BCUT2D eigenvalue weighted by atomic mass is 9.96. The van der Waals surface area contributed by atoms with Gasteiger partial charge in [0.15, 0.2) is 0 Å². The maximum Gasteiger partial charge on any atom is -0.0105 e. The Hall–Kier alpha value is -1.82. The van der Waals surface area contributed by atoms with Crippen molar-refractivity contribution in [1.29, 1.82) is 0 Å². The van der Waals surface area contributed by atoms with Crippen molar-refractivity contribution in [3.05, 3.63) is 60.2 Å². The lowest BCUT2D eigenvalue weighted by molar-refractivity contribution is 0.869. The van der Waals surface area contributed by atoms with E-state index < -0.39 is 0 Å². The van der Waals surface area contributed by atoms with E-state index in [1.165, 1.54) is 27.1 Å². The fourth-order valence-electron chi connectivity index (χ4n) is 2.39. The van der Waals surface area contributed by atoms with E-state index in [1.807, 2.05) is 0 Å². The smallest absolute Gasteiger partial charge is 0.0105 e. The highest BCUT2D eigenvalue weighted by molar-refractivity contribution is 6.07. The van der Waals surface area contributed by atoms with Gasteiger partial charge in [0.25, 0.3) is 0 Å². The van der Waals surface area contributed by atoms with Crippen LogP contribution in [0.15, 0.2) is 54.6 Å². The minimum Gasteiger partial charge on any atom is -0.0616 e. The molecule has 3 aromatic carbocycles. The molecule has 0 aliphatic rings. The maximum atomic E-state index is 2.31. The molecule has 0 aliphatic carbocycles. The fraction of sp³-hybridized carbons (Fsp3) is 0.176. The Bertz CT molecular complexity index is 678. The van der Waals surface area contributed by atoms with Gasteiger partial charge < -0.3 is 0 Å². The zero-order chi connectivity index (χ0) is 11.8. The molecule has 3 rings (SSSR count). The highest BCUT2D eigenvalue weighted by Gasteiger charge is 2.03. The van der Waals surface area contributed by atoms with Gasteiger partial charge in [0, 0.05) is 0 Å². The highest BCUT2D eigenvalue weighted by Crippen LogP contribution is 2.27. The Balaban J connectivity index is 2.37. The molecule has 0 aromatic heterocycles. The summed E-state index contributed by atoms with van der Waals surface area (Å²) in [6.07, 6.45) is 0. The molecule has 84 valence electrons. The first-order valence-corrected chi connectivity index (χ1v) is 6.17. The van der Waals surface area contributed by atoms with Crippen LogP contribution in [0.5, 0.6) is 0 Å². The lowest BCUT2D eigenvalue weighted by Crippen LogP contribution is -1.87. The molecule has 0 saturated carbocycles. The van der Waals surface area contributed by atoms with Crippen LogP contribution in [0, 0.1) is 0 Å². The van der Waals surface area contributed by atoms with Gasteiger partial charge in [-0.3, -0.25) is 0 Å². The molecule has 0 spiro atoms. The summed E-state index contributed by atoms with van der Waals surface area (Å²) in [6.45, 7) is 4.48. The molecule has 0 saturated heterocycles. The van der Waals surface area contributed by atoms with E-state index in [4.69, 9.17) is 0 Å². The number of hydrogen-bond acceptors (Lipinski definition) is 0. The predicted octanol–water partition coefficient (Wildman–Crippen LogP) is 5.12. The molecular formula is C17H16. The van der Waals surface area contributed by atoms with Crippen molar-refractivity contribution in [2.45, 2.75) is 19.8 Å². The van der Waals surface area contributed by atoms with Crippen LogP contribution in [-0.4, -0.2) is 0 Å².